The van der Waals surface area contributed by atoms with E-state index in [4.69, 9.17) is 4.52 Å². The molecule has 0 amide bonds. The highest BCUT2D eigenvalue weighted by atomic mass is 79.9. The zero-order chi connectivity index (χ0) is 13.2. The Kier molecular flexibility index (Phi) is 3.61. The lowest BCUT2D eigenvalue weighted by molar-refractivity contribution is 0.367. The molecule has 1 saturated carbocycles. The highest BCUT2D eigenvalue weighted by molar-refractivity contribution is 9.10. The molecular formula is C13H13BrFN3O. The van der Waals surface area contributed by atoms with Crippen LogP contribution in [0.2, 0.25) is 0 Å². The first-order chi connectivity index (χ1) is 9.20. The summed E-state index contributed by atoms with van der Waals surface area (Å²) in [5, 5.41) is 7.14. The summed E-state index contributed by atoms with van der Waals surface area (Å²) in [6.45, 7) is 1.54. The molecule has 1 fully saturated rings. The van der Waals surface area contributed by atoms with Crippen molar-refractivity contribution in [2.24, 2.45) is 5.92 Å². The van der Waals surface area contributed by atoms with E-state index < -0.39 is 0 Å². The second-order valence-corrected chi connectivity index (χ2v) is 5.66. The van der Waals surface area contributed by atoms with E-state index in [2.05, 4.69) is 31.4 Å². The number of nitrogens with zero attached hydrogens (tertiary/aromatic N) is 2. The summed E-state index contributed by atoms with van der Waals surface area (Å²) >= 11 is 3.24. The van der Waals surface area contributed by atoms with Gasteiger partial charge in [-0.2, -0.15) is 4.98 Å². The fraction of sp³-hybridized carbons (Fsp3) is 0.385. The molecule has 0 atom stereocenters. The summed E-state index contributed by atoms with van der Waals surface area (Å²) in [4.78, 5) is 4.25. The van der Waals surface area contributed by atoms with E-state index in [1.54, 1.807) is 6.07 Å². The molecule has 0 aliphatic heterocycles. The topological polar surface area (TPSA) is 51.0 Å². The Morgan fingerprint density at radius 2 is 2.21 bits per heavy atom. The molecule has 0 radical (unpaired) electrons. The van der Waals surface area contributed by atoms with Gasteiger partial charge in [-0.3, -0.25) is 0 Å². The molecule has 0 unspecified atom stereocenters. The molecule has 0 saturated heterocycles. The standard InChI is InChI=1S/C13H13BrFN3O/c14-10-3-9(4-11(15)5-10)13-17-12(19-18-13)7-16-6-8-1-2-8/h3-5,8,16H,1-2,6-7H2. The average molecular weight is 326 g/mol. The van der Waals surface area contributed by atoms with E-state index in [1.807, 2.05) is 0 Å². The van der Waals surface area contributed by atoms with Gasteiger partial charge in [0.1, 0.15) is 5.82 Å². The molecule has 19 heavy (non-hydrogen) atoms. The normalized spacial score (nSPS) is 14.8. The van der Waals surface area contributed by atoms with Crippen LogP contribution in [0.4, 0.5) is 4.39 Å². The third-order valence-corrected chi connectivity index (χ3v) is 3.45. The number of hydrogen-bond donors (Lipinski definition) is 1. The van der Waals surface area contributed by atoms with Crippen molar-refractivity contribution in [2.45, 2.75) is 19.4 Å². The second kappa shape index (κ2) is 5.38. The second-order valence-electron chi connectivity index (χ2n) is 4.74. The van der Waals surface area contributed by atoms with Gasteiger partial charge in [0.25, 0.3) is 0 Å². The minimum Gasteiger partial charge on any atom is -0.338 e. The van der Waals surface area contributed by atoms with Crippen molar-refractivity contribution in [3.63, 3.8) is 0 Å². The van der Waals surface area contributed by atoms with Gasteiger partial charge < -0.3 is 9.84 Å². The minimum absolute atomic E-state index is 0.331. The van der Waals surface area contributed by atoms with Crippen LogP contribution in [0.15, 0.2) is 27.2 Å². The van der Waals surface area contributed by atoms with Gasteiger partial charge in [0.15, 0.2) is 0 Å². The van der Waals surface area contributed by atoms with Crippen molar-refractivity contribution < 1.29 is 8.91 Å². The molecule has 6 heteroatoms. The van der Waals surface area contributed by atoms with Crippen LogP contribution >= 0.6 is 15.9 Å². The Hall–Kier alpha value is -1.27. The van der Waals surface area contributed by atoms with Gasteiger partial charge in [0, 0.05) is 10.0 Å². The predicted molar refractivity (Wildman–Crippen MR) is 71.8 cm³/mol. The lowest BCUT2D eigenvalue weighted by Gasteiger charge is -1.98. The Balaban J connectivity index is 1.68. The summed E-state index contributed by atoms with van der Waals surface area (Å²) in [5.41, 5.74) is 0.601. The monoisotopic (exact) mass is 325 g/mol. The van der Waals surface area contributed by atoms with Crippen LogP contribution in [-0.2, 0) is 6.54 Å². The summed E-state index contributed by atoms with van der Waals surface area (Å²) in [6, 6.07) is 4.54. The molecule has 4 nitrogen and oxygen atoms in total. The Labute approximate surface area is 118 Å². The maximum atomic E-state index is 13.3. The first-order valence-electron chi connectivity index (χ1n) is 6.20. The number of hydrogen-bond acceptors (Lipinski definition) is 4. The van der Waals surface area contributed by atoms with Crippen LogP contribution < -0.4 is 5.32 Å². The van der Waals surface area contributed by atoms with Gasteiger partial charge in [-0.05, 0) is 43.5 Å². The molecule has 0 bridgehead atoms. The van der Waals surface area contributed by atoms with Crippen molar-refractivity contribution >= 4 is 15.9 Å². The summed E-state index contributed by atoms with van der Waals surface area (Å²) in [6.07, 6.45) is 2.61. The molecule has 0 spiro atoms. The Bertz CT molecular complexity index is 563. The van der Waals surface area contributed by atoms with E-state index in [1.165, 1.54) is 25.0 Å². The van der Waals surface area contributed by atoms with Gasteiger partial charge >= 0.3 is 0 Å². The maximum absolute atomic E-state index is 13.3. The van der Waals surface area contributed by atoms with E-state index in [-0.39, 0.29) is 5.82 Å². The van der Waals surface area contributed by atoms with Gasteiger partial charge in [-0.1, -0.05) is 21.1 Å². The van der Waals surface area contributed by atoms with E-state index in [0.29, 0.717) is 28.3 Å². The lowest BCUT2D eigenvalue weighted by atomic mass is 10.2. The summed E-state index contributed by atoms with van der Waals surface area (Å²) < 4.78 is 19.1. The SMILES string of the molecule is Fc1cc(Br)cc(-c2noc(CNCC3CC3)n2)c1. The third-order valence-electron chi connectivity index (χ3n) is 3.00. The van der Waals surface area contributed by atoms with Crippen LogP contribution in [0.1, 0.15) is 18.7 Å². The highest BCUT2D eigenvalue weighted by Gasteiger charge is 2.20. The number of halogens is 2. The van der Waals surface area contributed by atoms with Crippen molar-refractivity contribution in [1.82, 2.24) is 15.5 Å². The zero-order valence-electron chi connectivity index (χ0n) is 10.2. The molecule has 1 aromatic heterocycles. The molecule has 3 rings (SSSR count). The molecule has 1 aliphatic carbocycles. The molecule has 1 heterocycles. The van der Waals surface area contributed by atoms with Crippen molar-refractivity contribution in [3.8, 4) is 11.4 Å². The van der Waals surface area contributed by atoms with Gasteiger partial charge in [-0.15, -0.1) is 0 Å². The summed E-state index contributed by atoms with van der Waals surface area (Å²) in [7, 11) is 0. The quantitative estimate of drug-likeness (QED) is 0.917. The molecule has 100 valence electrons. The summed E-state index contributed by atoms with van der Waals surface area (Å²) in [5.74, 6) is 1.41. The van der Waals surface area contributed by atoms with Crippen LogP contribution in [0.3, 0.4) is 0 Å². The highest BCUT2D eigenvalue weighted by Crippen LogP contribution is 2.27. The van der Waals surface area contributed by atoms with Crippen LogP contribution in [0.25, 0.3) is 11.4 Å². The van der Waals surface area contributed by atoms with Gasteiger partial charge in [0.2, 0.25) is 11.7 Å². The molecule has 2 aromatic rings. The van der Waals surface area contributed by atoms with E-state index >= 15 is 0 Å². The molecule has 1 aliphatic rings. The van der Waals surface area contributed by atoms with Crippen molar-refractivity contribution in [2.75, 3.05) is 6.54 Å². The molecule has 1 N–H and O–H groups in total. The average Bonchev–Trinajstić information content (AvgIpc) is 3.04. The number of rotatable bonds is 5. The first kappa shape index (κ1) is 12.7. The van der Waals surface area contributed by atoms with Crippen LogP contribution in [0.5, 0.6) is 0 Å². The number of benzene rings is 1. The zero-order valence-corrected chi connectivity index (χ0v) is 11.8. The number of aromatic nitrogens is 2. The van der Waals surface area contributed by atoms with E-state index in [0.717, 1.165) is 12.5 Å². The van der Waals surface area contributed by atoms with Gasteiger partial charge in [-0.25, -0.2) is 4.39 Å². The minimum atomic E-state index is -0.331. The Morgan fingerprint density at radius 1 is 1.37 bits per heavy atom. The maximum Gasteiger partial charge on any atom is 0.240 e. The third kappa shape index (κ3) is 3.39. The number of nitrogens with one attached hydrogen (secondary N) is 1. The smallest absolute Gasteiger partial charge is 0.240 e. The van der Waals surface area contributed by atoms with E-state index in [9.17, 15) is 4.39 Å². The fourth-order valence-corrected chi connectivity index (χ4v) is 2.30. The lowest BCUT2D eigenvalue weighted by Crippen LogP contribution is -2.16. The first-order valence-corrected chi connectivity index (χ1v) is 7.00. The Morgan fingerprint density at radius 3 is 2.95 bits per heavy atom. The van der Waals surface area contributed by atoms with Crippen molar-refractivity contribution in [1.29, 1.82) is 0 Å². The van der Waals surface area contributed by atoms with Crippen molar-refractivity contribution in [3.05, 3.63) is 34.4 Å². The predicted octanol–water partition coefficient (Wildman–Crippen LogP) is 3.14. The van der Waals surface area contributed by atoms with Crippen LogP contribution in [-0.4, -0.2) is 16.7 Å². The molecular weight excluding hydrogens is 313 g/mol. The van der Waals surface area contributed by atoms with Crippen LogP contribution in [0, 0.1) is 11.7 Å². The molecule has 1 aromatic carbocycles. The fourth-order valence-electron chi connectivity index (χ4n) is 1.83. The largest absolute Gasteiger partial charge is 0.338 e. The van der Waals surface area contributed by atoms with Gasteiger partial charge in [0.05, 0.1) is 6.54 Å².